The molecule has 0 bridgehead atoms. The lowest BCUT2D eigenvalue weighted by atomic mass is 9.88. The van der Waals surface area contributed by atoms with Crippen molar-refractivity contribution < 1.29 is 10.2 Å². The fourth-order valence-corrected chi connectivity index (χ4v) is 10.2. The molecular weight excluding hydrogens is 1090 g/mol. The Bertz CT molecular complexity index is 3480. The SMILES string of the molecule is CC(C)(C)CCc1cccc(-c2ccnc(CCCc3ccc(O)c(Cl)c3)n2)c1.CC(C)CCc1cccc(-c2ccnc(CCc3ccc(O)c(Cl)c3)n2)c1.C[C@H]1CNCCN1Cc1cccc(-c2ccnc(CCCc3nn[nH]n3)n2)c1. The van der Waals surface area contributed by atoms with E-state index < -0.39 is 0 Å². The first-order valence-electron chi connectivity index (χ1n) is 29.4. The number of aryl methyl sites for hydroxylation is 8. The number of tetrazole rings is 1. The Morgan fingerprint density at radius 1 is 0.560 bits per heavy atom. The molecule has 16 heteroatoms. The van der Waals surface area contributed by atoms with Crippen molar-refractivity contribution in [2.45, 2.75) is 131 Å². The topological polar surface area (TPSA) is 188 Å². The number of nitrogens with zero attached hydrogens (tertiary/aromatic N) is 10. The van der Waals surface area contributed by atoms with Crippen molar-refractivity contribution in [1.29, 1.82) is 0 Å². The largest absolute Gasteiger partial charge is 0.506 e. The molecule has 5 heterocycles. The highest BCUT2D eigenvalue weighted by molar-refractivity contribution is 6.32. The third kappa shape index (κ3) is 20.4. The summed E-state index contributed by atoms with van der Waals surface area (Å²) in [6.45, 7) is 17.8. The van der Waals surface area contributed by atoms with Gasteiger partial charge in [-0.05, 0) is 158 Å². The predicted octanol–water partition coefficient (Wildman–Crippen LogP) is 14.2. The van der Waals surface area contributed by atoms with E-state index in [1.165, 1.54) is 23.1 Å². The maximum atomic E-state index is 9.53. The number of rotatable bonds is 21. The molecule has 1 aliphatic heterocycles. The molecule has 84 heavy (non-hydrogen) atoms. The molecule has 0 aliphatic carbocycles. The van der Waals surface area contributed by atoms with Gasteiger partial charge < -0.3 is 15.5 Å². The van der Waals surface area contributed by atoms with E-state index >= 15 is 0 Å². The van der Waals surface area contributed by atoms with Crippen LogP contribution in [0, 0.1) is 11.3 Å². The van der Waals surface area contributed by atoms with Crippen molar-refractivity contribution in [3.8, 4) is 45.3 Å². The molecule has 0 saturated carbocycles. The maximum Gasteiger partial charge on any atom is 0.174 e. The van der Waals surface area contributed by atoms with Crippen molar-refractivity contribution in [3.63, 3.8) is 0 Å². The van der Waals surface area contributed by atoms with E-state index in [1.807, 2.05) is 55.0 Å². The minimum Gasteiger partial charge on any atom is -0.506 e. The number of hydrogen-bond donors (Lipinski definition) is 4. The first kappa shape index (κ1) is 62.6. The summed E-state index contributed by atoms with van der Waals surface area (Å²) in [5.74, 6) is 4.17. The van der Waals surface area contributed by atoms with Crippen LogP contribution in [0.3, 0.4) is 0 Å². The summed E-state index contributed by atoms with van der Waals surface area (Å²) < 4.78 is 0. The minimum atomic E-state index is 0.107. The lowest BCUT2D eigenvalue weighted by molar-refractivity contribution is 0.165. The van der Waals surface area contributed by atoms with Gasteiger partial charge in [0.1, 0.15) is 29.0 Å². The van der Waals surface area contributed by atoms with Crippen molar-refractivity contribution >= 4 is 23.2 Å². The summed E-state index contributed by atoms with van der Waals surface area (Å²) in [5, 5.41) is 37.3. The highest BCUT2D eigenvalue weighted by Crippen LogP contribution is 2.28. The van der Waals surface area contributed by atoms with Crippen LogP contribution in [0.1, 0.15) is 118 Å². The van der Waals surface area contributed by atoms with Gasteiger partial charge in [-0.15, -0.1) is 10.2 Å². The first-order chi connectivity index (χ1) is 40.6. The smallest absolute Gasteiger partial charge is 0.174 e. The highest BCUT2D eigenvalue weighted by atomic mass is 35.5. The molecule has 438 valence electrons. The zero-order valence-electron chi connectivity index (χ0n) is 49.4. The van der Waals surface area contributed by atoms with E-state index in [0.717, 1.165) is 165 Å². The van der Waals surface area contributed by atoms with Gasteiger partial charge in [0.15, 0.2) is 5.82 Å². The third-order valence-electron chi connectivity index (χ3n) is 14.7. The summed E-state index contributed by atoms with van der Waals surface area (Å²) in [4.78, 5) is 30.1. The molecule has 1 aliphatic rings. The number of aromatic amines is 1. The van der Waals surface area contributed by atoms with Crippen LogP contribution in [-0.4, -0.2) is 91.3 Å². The van der Waals surface area contributed by atoms with Gasteiger partial charge in [-0.1, -0.05) is 130 Å². The third-order valence-corrected chi connectivity index (χ3v) is 15.3. The molecule has 0 amide bonds. The number of phenols is 2. The van der Waals surface area contributed by atoms with Crippen molar-refractivity contribution in [2.24, 2.45) is 11.3 Å². The normalized spacial score (nSPS) is 13.5. The number of hydrogen-bond acceptors (Lipinski definition) is 13. The van der Waals surface area contributed by atoms with Gasteiger partial charge in [0.05, 0.1) is 27.1 Å². The summed E-state index contributed by atoms with van der Waals surface area (Å²) >= 11 is 12.0. The van der Waals surface area contributed by atoms with Gasteiger partial charge >= 0.3 is 0 Å². The summed E-state index contributed by atoms with van der Waals surface area (Å²) in [6.07, 6.45) is 16.6. The van der Waals surface area contributed by atoms with Crippen molar-refractivity contribution in [1.82, 2.24) is 60.7 Å². The van der Waals surface area contributed by atoms with E-state index in [4.69, 9.17) is 38.2 Å². The van der Waals surface area contributed by atoms with E-state index in [2.05, 4.69) is 160 Å². The monoisotopic (exact) mass is 1170 g/mol. The molecule has 10 rings (SSSR count). The summed E-state index contributed by atoms with van der Waals surface area (Å²) in [7, 11) is 0. The van der Waals surface area contributed by atoms with Crippen LogP contribution >= 0.6 is 23.2 Å². The predicted molar refractivity (Wildman–Crippen MR) is 338 cm³/mol. The van der Waals surface area contributed by atoms with E-state index in [9.17, 15) is 10.2 Å². The number of halogens is 2. The van der Waals surface area contributed by atoms with Crippen LogP contribution in [0.15, 0.2) is 146 Å². The van der Waals surface area contributed by atoms with Gasteiger partial charge in [-0.25, -0.2) is 29.9 Å². The Morgan fingerprint density at radius 3 is 1.56 bits per heavy atom. The fraction of sp³-hybridized carbons (Fsp3) is 0.368. The average Bonchev–Trinajstić information content (AvgIpc) is 4.17. The maximum absolute atomic E-state index is 9.53. The summed E-state index contributed by atoms with van der Waals surface area (Å²) in [5.41, 5.74) is 12.8. The second-order valence-corrected chi connectivity index (χ2v) is 24.1. The lowest BCUT2D eigenvalue weighted by Gasteiger charge is -2.33. The average molecular weight is 1170 g/mol. The Hall–Kier alpha value is -7.49. The second kappa shape index (κ2) is 31.4. The van der Waals surface area contributed by atoms with E-state index in [-0.39, 0.29) is 11.5 Å². The molecule has 0 radical (unpaired) electrons. The Labute approximate surface area is 506 Å². The zero-order chi connectivity index (χ0) is 59.3. The van der Waals surface area contributed by atoms with Gasteiger partial charge in [0, 0.05) is 93.2 Å². The van der Waals surface area contributed by atoms with Crippen molar-refractivity contribution in [2.75, 3.05) is 19.6 Å². The lowest BCUT2D eigenvalue weighted by Crippen LogP contribution is -2.49. The molecular formula is C68H80Cl2N12O2. The standard InChI is InChI=1S/C25H29ClN2O.C23H25ClN2O.C20H26N8/c1-25(2,3)14-12-19-6-4-8-20(16-19)22-13-15-27-24(28-22)9-5-7-18-10-11-23(29)21(26)17-18;1-16(2)6-7-17-4-3-5-19(14-17)21-12-13-25-23(26-21)11-9-18-8-10-22(27)20(24)15-18;1-15-13-21-10-11-28(15)14-16-4-2-5-17(12-16)18-8-9-22-19(23-18)6-3-7-20-24-26-27-25-20/h4,6,8,10-11,13,15-17,29H,5,7,9,12,14H2,1-3H3;3-5,8,10,12-16,27H,6-7,9,11H2,1-2H3;2,4-5,8-9,12,15,21H,3,6-7,10-11,13-14H2,1H3,(H,24,25,26,27)/t;;15-/m..0/s1. The van der Waals surface area contributed by atoms with Crippen LogP contribution in [0.5, 0.6) is 11.5 Å². The van der Waals surface area contributed by atoms with Crippen LogP contribution in [0.2, 0.25) is 10.0 Å². The van der Waals surface area contributed by atoms with Gasteiger partial charge in [0.2, 0.25) is 0 Å². The molecule has 5 aromatic carbocycles. The molecule has 4 N–H and O–H groups in total. The molecule has 4 aromatic heterocycles. The van der Waals surface area contributed by atoms with Crippen molar-refractivity contribution in [3.05, 3.63) is 207 Å². The minimum absolute atomic E-state index is 0.107. The molecule has 0 spiro atoms. The fourth-order valence-electron chi connectivity index (χ4n) is 9.78. The highest BCUT2D eigenvalue weighted by Gasteiger charge is 2.18. The number of H-pyrrole nitrogens is 1. The van der Waals surface area contributed by atoms with Gasteiger partial charge in [-0.3, -0.25) is 4.90 Å². The zero-order valence-corrected chi connectivity index (χ0v) is 51.0. The van der Waals surface area contributed by atoms with E-state index in [0.29, 0.717) is 27.4 Å². The summed E-state index contributed by atoms with van der Waals surface area (Å²) in [6, 6.07) is 43.1. The molecule has 1 fully saturated rings. The first-order valence-corrected chi connectivity index (χ1v) is 30.2. The molecule has 1 atom stereocenters. The second-order valence-electron chi connectivity index (χ2n) is 23.3. The molecule has 1 saturated heterocycles. The molecule has 9 aromatic rings. The van der Waals surface area contributed by atoms with Crippen LogP contribution in [0.4, 0.5) is 0 Å². The number of phenolic OH excluding ortho intramolecular Hbond substituents is 2. The number of aromatic nitrogens is 10. The van der Waals surface area contributed by atoms with Crippen LogP contribution in [0.25, 0.3) is 33.8 Å². The van der Waals surface area contributed by atoms with Gasteiger partial charge in [-0.2, -0.15) is 5.21 Å². The Balaban J connectivity index is 0.000000164. The quantitative estimate of drug-likeness (QED) is 0.0533. The van der Waals surface area contributed by atoms with Gasteiger partial charge in [0.25, 0.3) is 0 Å². The molecule has 14 nitrogen and oxygen atoms in total. The number of benzene rings is 5. The Kier molecular flexibility index (Phi) is 23.4. The number of nitrogens with one attached hydrogen (secondary N) is 2. The molecule has 0 unspecified atom stereocenters. The number of piperazine rings is 1. The number of aromatic hydroxyl groups is 2. The van der Waals surface area contributed by atoms with Crippen LogP contribution < -0.4 is 5.32 Å². The van der Waals surface area contributed by atoms with Crippen LogP contribution in [-0.2, 0) is 57.9 Å². The van der Waals surface area contributed by atoms with E-state index in [1.54, 1.807) is 18.2 Å². The Morgan fingerprint density at radius 2 is 1.05 bits per heavy atom.